The van der Waals surface area contributed by atoms with E-state index in [2.05, 4.69) is 14.8 Å². The summed E-state index contributed by atoms with van der Waals surface area (Å²) in [7, 11) is -2.38. The summed E-state index contributed by atoms with van der Waals surface area (Å²) in [6.45, 7) is 3.53. The Morgan fingerprint density at radius 1 is 1.16 bits per heavy atom. The van der Waals surface area contributed by atoms with Gasteiger partial charge in [-0.3, -0.25) is 0 Å². The van der Waals surface area contributed by atoms with E-state index in [0.29, 0.717) is 11.1 Å². The molecule has 0 unspecified atom stereocenters. The number of benzene rings is 2. The van der Waals surface area contributed by atoms with Crippen LogP contribution in [0.25, 0.3) is 0 Å². The van der Waals surface area contributed by atoms with Gasteiger partial charge in [0.2, 0.25) is 10.0 Å². The molecule has 2 aromatic carbocycles. The minimum absolute atomic E-state index is 0.156. The van der Waals surface area contributed by atoms with Crippen LogP contribution in [-0.2, 0) is 34.4 Å². The molecule has 1 heterocycles. The molecule has 6 nitrogen and oxygen atoms in total. The third-order valence-corrected chi connectivity index (χ3v) is 5.81. The number of aryl methyl sites for hydroxylation is 1. The number of hydrogen-bond donors (Lipinski definition) is 2. The van der Waals surface area contributed by atoms with Crippen molar-refractivity contribution in [2.24, 2.45) is 0 Å². The quantitative estimate of drug-likeness (QED) is 0.795. The van der Waals surface area contributed by atoms with Crippen molar-refractivity contribution in [2.75, 3.05) is 7.11 Å². The Morgan fingerprint density at radius 3 is 2.64 bits per heavy atom. The van der Waals surface area contributed by atoms with E-state index in [9.17, 15) is 13.2 Å². The molecule has 132 valence electrons. The summed E-state index contributed by atoms with van der Waals surface area (Å²) in [5.74, 6) is -0.494. The Morgan fingerprint density at radius 2 is 1.92 bits per heavy atom. The zero-order valence-corrected chi connectivity index (χ0v) is 14.9. The Bertz CT molecular complexity index is 923. The SMILES string of the molecule is COC(=O)c1ccc(S(=O)(=O)NCc2ccc3c(c2)CNC3)c(C)c1. The molecule has 1 aliphatic heterocycles. The van der Waals surface area contributed by atoms with E-state index in [-0.39, 0.29) is 11.4 Å². The summed E-state index contributed by atoms with van der Waals surface area (Å²) in [6.07, 6.45) is 0. The zero-order valence-electron chi connectivity index (χ0n) is 14.1. The summed E-state index contributed by atoms with van der Waals surface area (Å²) in [6, 6.07) is 10.4. The molecular weight excluding hydrogens is 340 g/mol. The second-order valence-electron chi connectivity index (χ2n) is 6.00. The Balaban J connectivity index is 1.77. The fraction of sp³-hybridized carbons (Fsp3) is 0.278. The van der Waals surface area contributed by atoms with Gasteiger partial charge >= 0.3 is 5.97 Å². The molecule has 1 aliphatic rings. The second kappa shape index (κ2) is 6.95. The first kappa shape index (κ1) is 17.6. The highest BCUT2D eigenvalue weighted by atomic mass is 32.2. The fourth-order valence-electron chi connectivity index (χ4n) is 2.91. The topological polar surface area (TPSA) is 84.5 Å². The Hall–Kier alpha value is -2.22. The van der Waals surface area contributed by atoms with Crippen LogP contribution in [0.3, 0.4) is 0 Å². The van der Waals surface area contributed by atoms with Gasteiger partial charge in [0.05, 0.1) is 17.6 Å². The van der Waals surface area contributed by atoms with Crippen LogP contribution in [0.1, 0.15) is 32.6 Å². The Labute approximate surface area is 147 Å². The van der Waals surface area contributed by atoms with Crippen molar-refractivity contribution < 1.29 is 17.9 Å². The summed E-state index contributed by atoms with van der Waals surface area (Å²) in [5.41, 5.74) is 4.18. The minimum atomic E-state index is -3.67. The summed E-state index contributed by atoms with van der Waals surface area (Å²) in [5, 5.41) is 3.26. The number of carbonyl (C=O) groups excluding carboxylic acids is 1. The van der Waals surface area contributed by atoms with E-state index in [1.54, 1.807) is 6.92 Å². The molecular formula is C18H20N2O4S. The molecule has 0 aliphatic carbocycles. The first-order valence-corrected chi connectivity index (χ1v) is 9.39. The lowest BCUT2D eigenvalue weighted by atomic mass is 10.1. The molecule has 2 N–H and O–H groups in total. The van der Waals surface area contributed by atoms with Gasteiger partial charge in [-0.1, -0.05) is 18.2 Å². The normalized spacial score (nSPS) is 13.5. The molecule has 3 rings (SSSR count). The molecule has 0 saturated carbocycles. The van der Waals surface area contributed by atoms with Gasteiger partial charge in [-0.2, -0.15) is 0 Å². The molecule has 2 aromatic rings. The smallest absolute Gasteiger partial charge is 0.337 e. The number of hydrogen-bond acceptors (Lipinski definition) is 5. The van der Waals surface area contributed by atoms with Gasteiger partial charge < -0.3 is 10.1 Å². The van der Waals surface area contributed by atoms with Crippen LogP contribution in [0.15, 0.2) is 41.3 Å². The monoisotopic (exact) mass is 360 g/mol. The Kier molecular flexibility index (Phi) is 4.89. The fourth-order valence-corrected chi connectivity index (χ4v) is 4.15. The minimum Gasteiger partial charge on any atom is -0.465 e. The summed E-state index contributed by atoms with van der Waals surface area (Å²) < 4.78 is 32.4. The van der Waals surface area contributed by atoms with Crippen LogP contribution >= 0.6 is 0 Å². The number of sulfonamides is 1. The molecule has 0 bridgehead atoms. The third-order valence-electron chi connectivity index (χ3n) is 4.25. The number of carbonyl (C=O) groups is 1. The average Bonchev–Trinajstić information content (AvgIpc) is 3.06. The lowest BCUT2D eigenvalue weighted by Gasteiger charge is -2.11. The van der Waals surface area contributed by atoms with Crippen LogP contribution in [0, 0.1) is 6.92 Å². The van der Waals surface area contributed by atoms with Crippen LogP contribution in [0.5, 0.6) is 0 Å². The number of esters is 1. The predicted molar refractivity (Wildman–Crippen MR) is 93.5 cm³/mol. The predicted octanol–water partition coefficient (Wildman–Crippen LogP) is 1.86. The van der Waals surface area contributed by atoms with Gasteiger partial charge in [-0.15, -0.1) is 0 Å². The number of methoxy groups -OCH3 is 1. The second-order valence-corrected chi connectivity index (χ2v) is 7.74. The van der Waals surface area contributed by atoms with Crippen molar-refractivity contribution in [1.82, 2.24) is 10.0 Å². The van der Waals surface area contributed by atoms with Crippen molar-refractivity contribution in [2.45, 2.75) is 31.5 Å². The van der Waals surface area contributed by atoms with Crippen molar-refractivity contribution >= 4 is 16.0 Å². The molecule has 0 spiro atoms. The highest BCUT2D eigenvalue weighted by molar-refractivity contribution is 7.89. The van der Waals surface area contributed by atoms with Gasteiger partial charge in [0.1, 0.15) is 0 Å². The van der Waals surface area contributed by atoms with Gasteiger partial charge in [-0.25, -0.2) is 17.9 Å². The first-order chi connectivity index (χ1) is 11.9. The van der Waals surface area contributed by atoms with Gasteiger partial charge in [0.25, 0.3) is 0 Å². The number of ether oxygens (including phenoxy) is 1. The molecule has 25 heavy (non-hydrogen) atoms. The van der Waals surface area contributed by atoms with Gasteiger partial charge in [0, 0.05) is 19.6 Å². The van der Waals surface area contributed by atoms with E-state index in [1.807, 2.05) is 18.2 Å². The molecule has 0 radical (unpaired) electrons. The molecule has 7 heteroatoms. The number of rotatable bonds is 5. The number of nitrogens with one attached hydrogen (secondary N) is 2. The molecule has 0 atom stereocenters. The van der Waals surface area contributed by atoms with Crippen molar-refractivity contribution in [3.63, 3.8) is 0 Å². The van der Waals surface area contributed by atoms with Gasteiger partial charge in [-0.05, 0) is 47.4 Å². The summed E-state index contributed by atoms with van der Waals surface area (Å²) in [4.78, 5) is 11.7. The number of fused-ring (bicyclic) bond motifs is 1. The standard InChI is InChI=1S/C18H20N2O4S/c1-12-7-14(18(21)24-2)5-6-17(12)25(22,23)20-9-13-3-4-15-10-19-11-16(15)8-13/h3-8,19-20H,9-11H2,1-2H3. The maximum Gasteiger partial charge on any atom is 0.337 e. The highest BCUT2D eigenvalue weighted by Gasteiger charge is 2.19. The third kappa shape index (κ3) is 3.73. The van der Waals surface area contributed by atoms with Crippen molar-refractivity contribution in [1.29, 1.82) is 0 Å². The van der Waals surface area contributed by atoms with E-state index in [1.165, 1.54) is 36.4 Å². The molecule has 0 saturated heterocycles. The van der Waals surface area contributed by atoms with E-state index < -0.39 is 16.0 Å². The largest absolute Gasteiger partial charge is 0.465 e. The van der Waals surface area contributed by atoms with E-state index in [0.717, 1.165) is 18.7 Å². The molecule has 0 amide bonds. The molecule has 0 fully saturated rings. The highest BCUT2D eigenvalue weighted by Crippen LogP contribution is 2.19. The maximum atomic E-state index is 12.6. The molecule has 0 aromatic heterocycles. The van der Waals surface area contributed by atoms with Crippen molar-refractivity contribution in [3.05, 3.63) is 64.2 Å². The lowest BCUT2D eigenvalue weighted by molar-refractivity contribution is 0.0600. The first-order valence-electron chi connectivity index (χ1n) is 7.91. The van der Waals surface area contributed by atoms with E-state index in [4.69, 9.17) is 0 Å². The van der Waals surface area contributed by atoms with Crippen LogP contribution < -0.4 is 10.0 Å². The van der Waals surface area contributed by atoms with Crippen LogP contribution in [0.4, 0.5) is 0 Å². The zero-order chi connectivity index (χ0) is 18.0. The average molecular weight is 360 g/mol. The lowest BCUT2D eigenvalue weighted by Crippen LogP contribution is -2.24. The maximum absolute atomic E-state index is 12.6. The van der Waals surface area contributed by atoms with Crippen molar-refractivity contribution in [3.8, 4) is 0 Å². The summed E-state index contributed by atoms with van der Waals surface area (Å²) >= 11 is 0. The van der Waals surface area contributed by atoms with Crippen LogP contribution in [0.2, 0.25) is 0 Å². The van der Waals surface area contributed by atoms with Gasteiger partial charge in [0.15, 0.2) is 0 Å². The van der Waals surface area contributed by atoms with Crippen LogP contribution in [-0.4, -0.2) is 21.5 Å². The van der Waals surface area contributed by atoms with E-state index >= 15 is 0 Å².